The first-order valence-electron chi connectivity index (χ1n) is 5.70. The molecule has 0 heterocycles. The van der Waals surface area contributed by atoms with Crippen LogP contribution in [-0.4, -0.2) is 8.42 Å². The first-order valence-corrected chi connectivity index (χ1v) is 8.26. The molecule has 0 aliphatic carbocycles. The SMILES string of the molecule is NCc1ccc(F)cc1S(=O)(=O)Nc1ccccc1I. The maximum absolute atomic E-state index is 13.3. The van der Waals surface area contributed by atoms with Crippen molar-refractivity contribution in [2.45, 2.75) is 11.4 Å². The van der Waals surface area contributed by atoms with Gasteiger partial charge >= 0.3 is 0 Å². The fraction of sp³-hybridized carbons (Fsp3) is 0.0769. The highest BCUT2D eigenvalue weighted by Crippen LogP contribution is 2.23. The Labute approximate surface area is 130 Å². The Kier molecular flexibility index (Phi) is 4.61. The number of nitrogens with two attached hydrogens (primary N) is 1. The third-order valence-corrected chi connectivity index (χ3v) is 5.05. The van der Waals surface area contributed by atoms with Crippen molar-refractivity contribution in [3.63, 3.8) is 0 Å². The van der Waals surface area contributed by atoms with Gasteiger partial charge in [-0.3, -0.25) is 4.72 Å². The lowest BCUT2D eigenvalue weighted by Crippen LogP contribution is -2.17. The molecule has 20 heavy (non-hydrogen) atoms. The van der Waals surface area contributed by atoms with Crippen LogP contribution in [0.2, 0.25) is 0 Å². The van der Waals surface area contributed by atoms with E-state index >= 15 is 0 Å². The van der Waals surface area contributed by atoms with E-state index in [1.165, 1.54) is 12.1 Å². The van der Waals surface area contributed by atoms with Crippen molar-refractivity contribution in [2.75, 3.05) is 4.72 Å². The Bertz CT molecular complexity index is 735. The second-order valence-corrected chi connectivity index (χ2v) is 6.85. The van der Waals surface area contributed by atoms with Crippen molar-refractivity contribution in [1.29, 1.82) is 0 Å². The Balaban J connectivity index is 2.46. The lowest BCUT2D eigenvalue weighted by atomic mass is 10.2. The van der Waals surface area contributed by atoms with Crippen LogP contribution in [0.1, 0.15) is 5.56 Å². The van der Waals surface area contributed by atoms with Crippen molar-refractivity contribution in [1.82, 2.24) is 0 Å². The maximum atomic E-state index is 13.3. The smallest absolute Gasteiger partial charge is 0.262 e. The topological polar surface area (TPSA) is 72.2 Å². The lowest BCUT2D eigenvalue weighted by Gasteiger charge is -2.12. The fourth-order valence-electron chi connectivity index (χ4n) is 1.69. The van der Waals surface area contributed by atoms with Crippen LogP contribution in [0.3, 0.4) is 0 Å². The molecule has 0 aliphatic heterocycles. The van der Waals surface area contributed by atoms with E-state index < -0.39 is 15.8 Å². The third-order valence-electron chi connectivity index (χ3n) is 2.66. The van der Waals surface area contributed by atoms with Gasteiger partial charge in [0.1, 0.15) is 5.82 Å². The van der Waals surface area contributed by atoms with Gasteiger partial charge in [0.25, 0.3) is 10.0 Å². The molecule has 2 aromatic carbocycles. The minimum atomic E-state index is -3.88. The van der Waals surface area contributed by atoms with Gasteiger partial charge in [0.05, 0.1) is 10.6 Å². The molecule has 0 saturated carbocycles. The summed E-state index contributed by atoms with van der Waals surface area (Å²) < 4.78 is 41.2. The standard InChI is InChI=1S/C13H12FIN2O2S/c14-10-6-5-9(8-16)13(7-10)20(18,19)17-12-4-2-1-3-11(12)15/h1-7,17H,8,16H2. The summed E-state index contributed by atoms with van der Waals surface area (Å²) in [7, 11) is -3.88. The van der Waals surface area contributed by atoms with Crippen molar-refractivity contribution < 1.29 is 12.8 Å². The molecule has 0 amide bonds. The van der Waals surface area contributed by atoms with Gasteiger partial charge in [-0.05, 0) is 52.4 Å². The minimum absolute atomic E-state index is 0.0163. The van der Waals surface area contributed by atoms with E-state index in [0.29, 0.717) is 11.3 Å². The average Bonchev–Trinajstić information content (AvgIpc) is 2.41. The number of hydrogen-bond acceptors (Lipinski definition) is 3. The normalized spacial score (nSPS) is 11.3. The Morgan fingerprint density at radius 1 is 1.20 bits per heavy atom. The molecule has 0 spiro atoms. The summed E-state index contributed by atoms with van der Waals surface area (Å²) in [5, 5.41) is 0. The van der Waals surface area contributed by atoms with E-state index in [-0.39, 0.29) is 11.4 Å². The van der Waals surface area contributed by atoms with Crippen LogP contribution in [-0.2, 0) is 16.6 Å². The number of hydrogen-bond donors (Lipinski definition) is 2. The first kappa shape index (κ1) is 15.2. The van der Waals surface area contributed by atoms with Crippen LogP contribution < -0.4 is 10.5 Å². The number of nitrogens with one attached hydrogen (secondary N) is 1. The van der Waals surface area contributed by atoms with Crippen LogP contribution in [0.5, 0.6) is 0 Å². The lowest BCUT2D eigenvalue weighted by molar-refractivity contribution is 0.593. The van der Waals surface area contributed by atoms with E-state index in [0.717, 1.165) is 9.64 Å². The number of para-hydroxylation sites is 1. The molecule has 3 N–H and O–H groups in total. The van der Waals surface area contributed by atoms with Gasteiger partial charge < -0.3 is 5.73 Å². The molecule has 0 atom stereocenters. The van der Waals surface area contributed by atoms with E-state index in [9.17, 15) is 12.8 Å². The van der Waals surface area contributed by atoms with E-state index in [4.69, 9.17) is 5.73 Å². The largest absolute Gasteiger partial charge is 0.326 e. The van der Waals surface area contributed by atoms with Gasteiger partial charge in [-0.2, -0.15) is 0 Å². The van der Waals surface area contributed by atoms with Crippen LogP contribution in [0, 0.1) is 9.39 Å². The van der Waals surface area contributed by atoms with Crippen LogP contribution >= 0.6 is 22.6 Å². The number of sulfonamides is 1. The Morgan fingerprint density at radius 2 is 1.90 bits per heavy atom. The first-order chi connectivity index (χ1) is 9.44. The van der Waals surface area contributed by atoms with Gasteiger partial charge in [-0.25, -0.2) is 12.8 Å². The molecule has 2 rings (SSSR count). The molecule has 106 valence electrons. The number of benzene rings is 2. The Morgan fingerprint density at radius 3 is 2.55 bits per heavy atom. The average molecular weight is 406 g/mol. The predicted octanol–water partition coefficient (Wildman–Crippen LogP) is 2.69. The van der Waals surface area contributed by atoms with Gasteiger partial charge in [0.2, 0.25) is 0 Å². The molecule has 0 fully saturated rings. The van der Waals surface area contributed by atoms with Gasteiger partial charge in [0.15, 0.2) is 0 Å². The van der Waals surface area contributed by atoms with Crippen molar-refractivity contribution in [2.24, 2.45) is 5.73 Å². The molecule has 7 heteroatoms. The van der Waals surface area contributed by atoms with Gasteiger partial charge in [-0.1, -0.05) is 18.2 Å². The van der Waals surface area contributed by atoms with E-state index in [1.807, 2.05) is 22.6 Å². The van der Waals surface area contributed by atoms with Crippen molar-refractivity contribution in [3.05, 3.63) is 57.4 Å². The van der Waals surface area contributed by atoms with Crippen LogP contribution in [0.4, 0.5) is 10.1 Å². The summed E-state index contributed by atoms with van der Waals surface area (Å²) in [5.41, 5.74) is 6.31. The molecule has 2 aromatic rings. The number of rotatable bonds is 4. The molecule has 0 unspecified atom stereocenters. The summed E-state index contributed by atoms with van der Waals surface area (Å²) in [6.45, 7) is 0.0163. The van der Waals surface area contributed by atoms with Gasteiger partial charge in [-0.15, -0.1) is 0 Å². The summed E-state index contributed by atoms with van der Waals surface area (Å²) in [6, 6.07) is 10.5. The second kappa shape index (κ2) is 6.06. The molecular formula is C13H12FIN2O2S. The maximum Gasteiger partial charge on any atom is 0.262 e. The van der Waals surface area contributed by atoms with E-state index in [1.54, 1.807) is 24.3 Å². The monoisotopic (exact) mass is 406 g/mol. The number of halogens is 2. The minimum Gasteiger partial charge on any atom is -0.326 e. The summed E-state index contributed by atoms with van der Waals surface area (Å²) in [6.07, 6.45) is 0. The zero-order valence-corrected chi connectivity index (χ0v) is 13.3. The molecule has 0 bridgehead atoms. The summed E-state index contributed by atoms with van der Waals surface area (Å²) in [5.74, 6) is -0.620. The summed E-state index contributed by atoms with van der Waals surface area (Å²) in [4.78, 5) is -0.139. The van der Waals surface area contributed by atoms with Crippen molar-refractivity contribution >= 4 is 38.3 Å². The van der Waals surface area contributed by atoms with E-state index in [2.05, 4.69) is 4.72 Å². The highest BCUT2D eigenvalue weighted by atomic mass is 127. The third kappa shape index (κ3) is 3.28. The fourth-order valence-corrected chi connectivity index (χ4v) is 3.74. The number of anilines is 1. The van der Waals surface area contributed by atoms with Crippen LogP contribution in [0.15, 0.2) is 47.4 Å². The highest BCUT2D eigenvalue weighted by Gasteiger charge is 2.19. The molecule has 0 aromatic heterocycles. The quantitative estimate of drug-likeness (QED) is 0.768. The zero-order chi connectivity index (χ0) is 14.8. The summed E-state index contributed by atoms with van der Waals surface area (Å²) >= 11 is 2.02. The molecule has 4 nitrogen and oxygen atoms in total. The van der Waals surface area contributed by atoms with Gasteiger partial charge in [0, 0.05) is 10.1 Å². The molecule has 0 aliphatic rings. The zero-order valence-electron chi connectivity index (χ0n) is 10.3. The molecule has 0 radical (unpaired) electrons. The van der Waals surface area contributed by atoms with Crippen LogP contribution in [0.25, 0.3) is 0 Å². The second-order valence-electron chi connectivity index (χ2n) is 4.04. The molecular weight excluding hydrogens is 394 g/mol. The predicted molar refractivity (Wildman–Crippen MR) is 84.3 cm³/mol. The highest BCUT2D eigenvalue weighted by molar-refractivity contribution is 14.1. The Hall–Kier alpha value is -1.19. The molecule has 0 saturated heterocycles. The van der Waals surface area contributed by atoms with Crippen molar-refractivity contribution in [3.8, 4) is 0 Å².